The molecule has 97 valence electrons. The Bertz CT molecular complexity index is 411. The zero-order chi connectivity index (χ0) is 13.5. The molecular formula is C13H15O5. The van der Waals surface area contributed by atoms with Crippen molar-refractivity contribution in [3.05, 3.63) is 29.8 Å². The van der Waals surface area contributed by atoms with E-state index in [1.54, 1.807) is 18.2 Å². The third kappa shape index (κ3) is 3.48. The van der Waals surface area contributed by atoms with Crippen LogP contribution in [-0.4, -0.2) is 33.3 Å². The van der Waals surface area contributed by atoms with E-state index in [2.05, 4.69) is 15.5 Å². The van der Waals surface area contributed by atoms with E-state index in [0.717, 1.165) is 0 Å². The first-order valence-corrected chi connectivity index (χ1v) is 5.32. The van der Waals surface area contributed by atoms with Gasteiger partial charge in [0.25, 0.3) is 0 Å². The summed E-state index contributed by atoms with van der Waals surface area (Å²) in [6, 6.07) is 8.04. The molecule has 0 fully saturated rings. The Balaban J connectivity index is 2.88. The molecule has 1 aromatic carbocycles. The molecule has 0 amide bonds. The SMILES string of the molecule is COC(=O)C(Cc1[c]ccc(OC)c1)C(=O)OC. The molecule has 5 nitrogen and oxygen atoms in total. The number of carbonyl (C=O) groups excluding carboxylic acids is 2. The first-order chi connectivity index (χ1) is 8.62. The molecule has 0 aromatic heterocycles. The second-order valence-corrected chi connectivity index (χ2v) is 3.56. The highest BCUT2D eigenvalue weighted by atomic mass is 16.5. The van der Waals surface area contributed by atoms with Crippen molar-refractivity contribution in [3.63, 3.8) is 0 Å². The van der Waals surface area contributed by atoms with E-state index in [1.165, 1.54) is 21.3 Å². The molecule has 0 aliphatic rings. The standard InChI is InChI=1S/C13H15O5/c1-16-10-6-4-5-9(7-10)8-11(12(14)17-2)13(15)18-3/h4,6-7,11H,8H2,1-3H3. The van der Waals surface area contributed by atoms with E-state index in [4.69, 9.17) is 4.74 Å². The first-order valence-electron chi connectivity index (χ1n) is 5.32. The lowest BCUT2D eigenvalue weighted by atomic mass is 9.99. The Hall–Kier alpha value is -2.04. The van der Waals surface area contributed by atoms with Crippen LogP contribution in [0.1, 0.15) is 5.56 Å². The lowest BCUT2D eigenvalue weighted by Crippen LogP contribution is -2.28. The Kier molecular flexibility index (Phi) is 5.17. The topological polar surface area (TPSA) is 61.8 Å². The van der Waals surface area contributed by atoms with Crippen molar-refractivity contribution in [1.29, 1.82) is 0 Å². The van der Waals surface area contributed by atoms with Crippen LogP contribution in [0.3, 0.4) is 0 Å². The third-order valence-corrected chi connectivity index (χ3v) is 2.46. The van der Waals surface area contributed by atoms with Gasteiger partial charge in [-0.3, -0.25) is 9.59 Å². The summed E-state index contributed by atoms with van der Waals surface area (Å²) in [5, 5.41) is 0. The molecule has 0 aliphatic carbocycles. The van der Waals surface area contributed by atoms with Gasteiger partial charge in [-0.25, -0.2) is 0 Å². The number of rotatable bonds is 5. The van der Waals surface area contributed by atoms with Gasteiger partial charge in [0.1, 0.15) is 5.75 Å². The van der Waals surface area contributed by atoms with Crippen LogP contribution in [0.25, 0.3) is 0 Å². The molecule has 0 aliphatic heterocycles. The summed E-state index contributed by atoms with van der Waals surface area (Å²) in [6.45, 7) is 0. The highest BCUT2D eigenvalue weighted by Crippen LogP contribution is 2.17. The molecule has 0 heterocycles. The number of esters is 2. The maximum atomic E-state index is 11.5. The Morgan fingerprint density at radius 1 is 1.22 bits per heavy atom. The molecule has 18 heavy (non-hydrogen) atoms. The number of ether oxygens (including phenoxy) is 3. The summed E-state index contributed by atoms with van der Waals surface area (Å²) in [5.41, 5.74) is 0.676. The molecule has 5 heteroatoms. The van der Waals surface area contributed by atoms with Crippen molar-refractivity contribution >= 4 is 11.9 Å². The lowest BCUT2D eigenvalue weighted by Gasteiger charge is -2.12. The van der Waals surface area contributed by atoms with Crippen LogP contribution in [0.2, 0.25) is 0 Å². The fraction of sp³-hybridized carbons (Fsp3) is 0.385. The van der Waals surface area contributed by atoms with Gasteiger partial charge in [0.15, 0.2) is 5.92 Å². The van der Waals surface area contributed by atoms with Gasteiger partial charge in [-0.2, -0.15) is 0 Å². The third-order valence-electron chi connectivity index (χ3n) is 2.46. The quantitative estimate of drug-likeness (QED) is 0.577. The number of carbonyl (C=O) groups is 2. The minimum atomic E-state index is -0.983. The lowest BCUT2D eigenvalue weighted by molar-refractivity contribution is -0.158. The number of benzene rings is 1. The predicted molar refractivity (Wildman–Crippen MR) is 63.1 cm³/mol. The van der Waals surface area contributed by atoms with Crippen molar-refractivity contribution in [2.24, 2.45) is 5.92 Å². The number of hydrogen-bond donors (Lipinski definition) is 0. The van der Waals surface area contributed by atoms with Gasteiger partial charge in [0, 0.05) is 0 Å². The predicted octanol–water partition coefficient (Wildman–Crippen LogP) is 1.00. The number of hydrogen-bond acceptors (Lipinski definition) is 5. The first kappa shape index (κ1) is 14.0. The maximum Gasteiger partial charge on any atom is 0.320 e. The molecule has 0 atom stereocenters. The van der Waals surface area contributed by atoms with Gasteiger partial charge in [-0.15, -0.1) is 0 Å². The van der Waals surface area contributed by atoms with Gasteiger partial charge in [0.2, 0.25) is 0 Å². The highest BCUT2D eigenvalue weighted by molar-refractivity contribution is 5.95. The Labute approximate surface area is 106 Å². The summed E-state index contributed by atoms with van der Waals surface area (Å²) in [7, 11) is 4.00. The van der Waals surface area contributed by atoms with E-state index < -0.39 is 17.9 Å². The fourth-order valence-corrected chi connectivity index (χ4v) is 1.50. The van der Waals surface area contributed by atoms with E-state index >= 15 is 0 Å². The van der Waals surface area contributed by atoms with Gasteiger partial charge in [0.05, 0.1) is 21.3 Å². The second-order valence-electron chi connectivity index (χ2n) is 3.56. The van der Waals surface area contributed by atoms with Gasteiger partial charge < -0.3 is 14.2 Å². The normalized spacial score (nSPS) is 10.0. The summed E-state index contributed by atoms with van der Waals surface area (Å²) < 4.78 is 14.2. The molecule has 1 radical (unpaired) electrons. The molecular weight excluding hydrogens is 236 g/mol. The number of methoxy groups -OCH3 is 3. The molecule has 0 saturated carbocycles. The summed E-state index contributed by atoms with van der Waals surface area (Å²) in [5.74, 6) is -1.60. The van der Waals surface area contributed by atoms with Crippen molar-refractivity contribution in [2.45, 2.75) is 6.42 Å². The average Bonchev–Trinajstić information content (AvgIpc) is 2.43. The maximum absolute atomic E-state index is 11.5. The van der Waals surface area contributed by atoms with E-state index in [0.29, 0.717) is 11.3 Å². The van der Waals surface area contributed by atoms with Gasteiger partial charge in [-0.1, -0.05) is 6.07 Å². The van der Waals surface area contributed by atoms with Crippen LogP contribution in [0.5, 0.6) is 5.75 Å². The summed E-state index contributed by atoms with van der Waals surface area (Å²) in [4.78, 5) is 23.0. The minimum Gasteiger partial charge on any atom is -0.497 e. The Morgan fingerprint density at radius 2 is 1.83 bits per heavy atom. The fourth-order valence-electron chi connectivity index (χ4n) is 1.50. The molecule has 1 rings (SSSR count). The molecule has 0 unspecified atom stereocenters. The monoisotopic (exact) mass is 251 g/mol. The van der Waals surface area contributed by atoms with Crippen LogP contribution in [-0.2, 0) is 25.5 Å². The van der Waals surface area contributed by atoms with E-state index in [-0.39, 0.29) is 6.42 Å². The summed E-state index contributed by atoms with van der Waals surface area (Å²) in [6.07, 6.45) is 0.163. The zero-order valence-corrected chi connectivity index (χ0v) is 10.6. The average molecular weight is 251 g/mol. The molecule has 0 saturated heterocycles. The van der Waals surface area contributed by atoms with Crippen molar-refractivity contribution in [2.75, 3.05) is 21.3 Å². The molecule has 0 bridgehead atoms. The smallest absolute Gasteiger partial charge is 0.320 e. The van der Waals surface area contributed by atoms with Crippen LogP contribution in [0.15, 0.2) is 18.2 Å². The Morgan fingerprint density at radius 3 is 2.33 bits per heavy atom. The van der Waals surface area contributed by atoms with E-state index in [1.807, 2.05) is 0 Å². The van der Waals surface area contributed by atoms with Gasteiger partial charge >= 0.3 is 11.9 Å². The largest absolute Gasteiger partial charge is 0.497 e. The van der Waals surface area contributed by atoms with Crippen molar-refractivity contribution in [3.8, 4) is 5.75 Å². The molecule has 0 spiro atoms. The van der Waals surface area contributed by atoms with E-state index in [9.17, 15) is 9.59 Å². The zero-order valence-electron chi connectivity index (χ0n) is 10.6. The molecule has 0 N–H and O–H groups in total. The molecule has 1 aromatic rings. The second kappa shape index (κ2) is 6.64. The van der Waals surface area contributed by atoms with Crippen LogP contribution in [0.4, 0.5) is 0 Å². The van der Waals surface area contributed by atoms with Crippen molar-refractivity contribution < 1.29 is 23.8 Å². The van der Waals surface area contributed by atoms with Crippen LogP contribution < -0.4 is 4.74 Å². The van der Waals surface area contributed by atoms with Crippen LogP contribution in [0, 0.1) is 12.0 Å². The minimum absolute atomic E-state index is 0.163. The van der Waals surface area contributed by atoms with Crippen LogP contribution >= 0.6 is 0 Å². The highest BCUT2D eigenvalue weighted by Gasteiger charge is 2.28. The summed E-state index contributed by atoms with van der Waals surface area (Å²) >= 11 is 0. The van der Waals surface area contributed by atoms with Gasteiger partial charge in [-0.05, 0) is 30.2 Å². The van der Waals surface area contributed by atoms with Crippen molar-refractivity contribution in [1.82, 2.24) is 0 Å².